The quantitative estimate of drug-likeness (QED) is 0.309. The number of morpholine rings is 1. The van der Waals surface area contributed by atoms with Crippen LogP contribution < -0.4 is 10.6 Å². The molecule has 36 heavy (non-hydrogen) atoms. The first-order valence-corrected chi connectivity index (χ1v) is 12.1. The molecule has 0 spiro atoms. The fourth-order valence-electron chi connectivity index (χ4n) is 4.73. The fraction of sp³-hybridized carbons (Fsp3) is 0.222. The van der Waals surface area contributed by atoms with E-state index in [2.05, 4.69) is 31.8 Å². The Bertz CT molecular complexity index is 1550. The zero-order valence-corrected chi connectivity index (χ0v) is 19.5. The number of epoxide rings is 1. The third kappa shape index (κ3) is 4.03. The van der Waals surface area contributed by atoms with Gasteiger partial charge in [0.2, 0.25) is 0 Å². The maximum atomic E-state index is 5.95. The number of aromatic nitrogens is 4. The number of hydrogen-bond donors (Lipinski definition) is 3. The van der Waals surface area contributed by atoms with Crippen molar-refractivity contribution in [2.45, 2.75) is 12.5 Å². The van der Waals surface area contributed by atoms with Crippen LogP contribution in [0.5, 0.6) is 0 Å². The molecule has 2 aromatic heterocycles. The topological polar surface area (TPSA) is 104 Å². The smallest absolute Gasteiger partial charge is 0.170 e. The van der Waals surface area contributed by atoms with E-state index in [1.165, 1.54) is 0 Å². The molecule has 3 N–H and O–H groups in total. The first-order chi connectivity index (χ1) is 17.8. The number of benzene rings is 3. The van der Waals surface area contributed by atoms with Gasteiger partial charge < -0.3 is 20.1 Å². The van der Waals surface area contributed by atoms with Crippen molar-refractivity contribution >= 4 is 39.0 Å². The molecule has 9 heteroatoms. The fourth-order valence-corrected chi connectivity index (χ4v) is 4.73. The molecule has 0 bridgehead atoms. The normalized spacial score (nSPS) is 20.0. The predicted octanol–water partition coefficient (Wildman–Crippen LogP) is 4.34. The van der Waals surface area contributed by atoms with E-state index in [4.69, 9.17) is 19.4 Å². The summed E-state index contributed by atoms with van der Waals surface area (Å²) in [5.41, 5.74) is 4.67. The van der Waals surface area contributed by atoms with Gasteiger partial charge in [0.15, 0.2) is 18.3 Å². The summed E-state index contributed by atoms with van der Waals surface area (Å²) in [6.45, 7) is 3.27. The molecule has 0 radical (unpaired) electrons. The highest BCUT2D eigenvalue weighted by molar-refractivity contribution is 5.94. The van der Waals surface area contributed by atoms with Gasteiger partial charge in [-0.1, -0.05) is 24.3 Å². The molecule has 2 unspecified atom stereocenters. The van der Waals surface area contributed by atoms with Crippen molar-refractivity contribution in [1.82, 2.24) is 25.1 Å². The van der Waals surface area contributed by atoms with E-state index < -0.39 is 0 Å². The molecule has 9 nitrogen and oxygen atoms in total. The summed E-state index contributed by atoms with van der Waals surface area (Å²) in [4.78, 5) is 12.2. The maximum absolute atomic E-state index is 5.95. The summed E-state index contributed by atoms with van der Waals surface area (Å²) < 4.78 is 11.4. The van der Waals surface area contributed by atoms with Crippen LogP contribution in [0.1, 0.15) is 0 Å². The zero-order chi connectivity index (χ0) is 23.9. The molecule has 3 aromatic carbocycles. The van der Waals surface area contributed by atoms with Gasteiger partial charge in [0, 0.05) is 40.8 Å². The predicted molar refractivity (Wildman–Crippen MR) is 139 cm³/mol. The maximum Gasteiger partial charge on any atom is 0.170 e. The van der Waals surface area contributed by atoms with Gasteiger partial charge in [-0.05, 0) is 42.5 Å². The van der Waals surface area contributed by atoms with Crippen molar-refractivity contribution in [3.63, 3.8) is 0 Å². The molecule has 2 atom stereocenters. The number of aromatic amines is 1. The SMILES string of the molecule is c1ccc(-c2nc(Nc3ccc4[nH]ncc4c3)c3ccccc3n2)c(NC2OC2N2CCOCC2)c1. The Morgan fingerprint density at radius 3 is 2.75 bits per heavy atom. The minimum Gasteiger partial charge on any atom is -0.379 e. The van der Waals surface area contributed by atoms with E-state index in [0.29, 0.717) is 5.82 Å². The number of fused-ring (bicyclic) bond motifs is 2. The highest BCUT2D eigenvalue weighted by atomic mass is 16.6. The first kappa shape index (κ1) is 21.3. The molecule has 0 amide bonds. The average Bonchev–Trinajstić information content (AvgIpc) is 3.53. The lowest BCUT2D eigenvalue weighted by atomic mass is 10.1. The van der Waals surface area contributed by atoms with Crippen molar-refractivity contribution < 1.29 is 9.47 Å². The van der Waals surface area contributed by atoms with Crippen LogP contribution in [0.3, 0.4) is 0 Å². The second-order valence-corrected chi connectivity index (χ2v) is 9.00. The number of para-hydroxylation sites is 2. The Morgan fingerprint density at radius 2 is 1.81 bits per heavy atom. The van der Waals surface area contributed by atoms with Gasteiger partial charge in [0.1, 0.15) is 5.82 Å². The number of rotatable bonds is 6. The van der Waals surface area contributed by atoms with Crippen LogP contribution >= 0.6 is 0 Å². The summed E-state index contributed by atoms with van der Waals surface area (Å²) in [7, 11) is 0. The first-order valence-electron chi connectivity index (χ1n) is 12.1. The largest absolute Gasteiger partial charge is 0.379 e. The van der Waals surface area contributed by atoms with Crippen LogP contribution in [-0.2, 0) is 9.47 Å². The van der Waals surface area contributed by atoms with Crippen LogP contribution in [0.25, 0.3) is 33.2 Å². The Kier molecular flexibility index (Phi) is 5.24. The van der Waals surface area contributed by atoms with Crippen molar-refractivity contribution in [2.24, 2.45) is 0 Å². The molecule has 2 aliphatic rings. The third-order valence-electron chi connectivity index (χ3n) is 6.65. The lowest BCUT2D eigenvalue weighted by Crippen LogP contribution is -2.39. The van der Waals surface area contributed by atoms with Gasteiger partial charge in [0.05, 0.1) is 30.4 Å². The zero-order valence-electron chi connectivity index (χ0n) is 19.5. The highest BCUT2D eigenvalue weighted by Crippen LogP contribution is 2.34. The van der Waals surface area contributed by atoms with Gasteiger partial charge in [-0.25, -0.2) is 9.97 Å². The monoisotopic (exact) mass is 479 g/mol. The molecule has 0 saturated carbocycles. The second kappa shape index (κ2) is 8.87. The number of nitrogens with one attached hydrogen (secondary N) is 3. The number of H-pyrrole nitrogens is 1. The molecule has 4 heterocycles. The van der Waals surface area contributed by atoms with E-state index in [1.807, 2.05) is 66.9 Å². The number of nitrogens with zero attached hydrogens (tertiary/aromatic N) is 4. The minimum absolute atomic E-state index is 0.0644. The van der Waals surface area contributed by atoms with Gasteiger partial charge in [-0.2, -0.15) is 5.10 Å². The molecule has 2 saturated heterocycles. The summed E-state index contributed by atoms with van der Waals surface area (Å²) in [6.07, 6.45) is 1.81. The molecular weight excluding hydrogens is 454 g/mol. The Morgan fingerprint density at radius 1 is 0.944 bits per heavy atom. The summed E-state index contributed by atoms with van der Waals surface area (Å²) in [5.74, 6) is 1.40. The molecular formula is C27H25N7O2. The summed E-state index contributed by atoms with van der Waals surface area (Å²) in [6, 6.07) is 22.2. The van der Waals surface area contributed by atoms with Gasteiger partial charge in [-0.3, -0.25) is 10.00 Å². The molecule has 7 rings (SSSR count). The summed E-state index contributed by atoms with van der Waals surface area (Å²) >= 11 is 0. The van der Waals surface area contributed by atoms with E-state index in [0.717, 1.165) is 70.9 Å². The Labute approximate surface area is 207 Å². The van der Waals surface area contributed by atoms with E-state index in [1.54, 1.807) is 0 Å². The van der Waals surface area contributed by atoms with Crippen LogP contribution in [0, 0.1) is 0 Å². The molecule has 0 aliphatic carbocycles. The number of hydrogen-bond acceptors (Lipinski definition) is 8. The van der Waals surface area contributed by atoms with E-state index in [-0.39, 0.29) is 12.5 Å². The average molecular weight is 480 g/mol. The van der Waals surface area contributed by atoms with Gasteiger partial charge in [-0.15, -0.1) is 0 Å². The standard InChI is InChI=1S/C27H25N7O2/c1-3-7-22-19(5-1)24(29-18-9-10-21-17(15-18)16-28-33-21)32-25(30-22)20-6-2-4-8-23(20)31-26-27(36-26)34-11-13-35-14-12-34/h1-10,15-16,26-27,31H,11-14H2,(H,28,33)(H,29,30,32). The van der Waals surface area contributed by atoms with Crippen molar-refractivity contribution in [2.75, 3.05) is 36.9 Å². The molecule has 5 aromatic rings. The number of ether oxygens (including phenoxy) is 2. The molecule has 180 valence electrons. The Hall–Kier alpha value is -4.05. The van der Waals surface area contributed by atoms with Crippen molar-refractivity contribution in [3.05, 3.63) is 72.9 Å². The second-order valence-electron chi connectivity index (χ2n) is 9.00. The lowest BCUT2D eigenvalue weighted by Gasteiger charge is -2.24. The van der Waals surface area contributed by atoms with Crippen LogP contribution in [0.4, 0.5) is 17.2 Å². The third-order valence-corrected chi connectivity index (χ3v) is 6.65. The van der Waals surface area contributed by atoms with Crippen molar-refractivity contribution in [3.8, 4) is 11.4 Å². The number of anilines is 3. The van der Waals surface area contributed by atoms with Crippen LogP contribution in [-0.4, -0.2) is 63.8 Å². The van der Waals surface area contributed by atoms with Gasteiger partial charge in [0.25, 0.3) is 0 Å². The van der Waals surface area contributed by atoms with Gasteiger partial charge >= 0.3 is 0 Å². The van der Waals surface area contributed by atoms with E-state index >= 15 is 0 Å². The molecule has 2 fully saturated rings. The van der Waals surface area contributed by atoms with E-state index in [9.17, 15) is 0 Å². The summed E-state index contributed by atoms with van der Waals surface area (Å²) in [5, 5.41) is 16.2. The lowest BCUT2D eigenvalue weighted by molar-refractivity contribution is 0.0162. The van der Waals surface area contributed by atoms with Crippen molar-refractivity contribution in [1.29, 1.82) is 0 Å². The highest BCUT2D eigenvalue weighted by Gasteiger charge is 2.44. The van der Waals surface area contributed by atoms with Crippen LogP contribution in [0.15, 0.2) is 72.9 Å². The molecule has 2 aliphatic heterocycles. The minimum atomic E-state index is -0.0658. The van der Waals surface area contributed by atoms with Crippen LogP contribution in [0.2, 0.25) is 0 Å². The Balaban J connectivity index is 1.22.